The van der Waals surface area contributed by atoms with E-state index in [4.69, 9.17) is 4.74 Å². The van der Waals surface area contributed by atoms with Gasteiger partial charge in [0.05, 0.1) is 12.3 Å². The Morgan fingerprint density at radius 2 is 2.15 bits per heavy atom. The Morgan fingerprint density at radius 1 is 1.40 bits per heavy atom. The van der Waals surface area contributed by atoms with Crippen LogP contribution in [0.25, 0.3) is 0 Å². The standard InChI is InChI=1S/C12H13F3N2O2S/c13-12(14,15)20-10-4-2-1-3-8(10)17-11(18)9-7-16-5-6-19-9/h1-4,9,16H,5-7H2,(H,17,18). The molecular weight excluding hydrogens is 293 g/mol. The number of morpholine rings is 1. The first-order valence-corrected chi connectivity index (χ1v) is 6.75. The normalized spacial score (nSPS) is 19.6. The molecule has 1 heterocycles. The lowest BCUT2D eigenvalue weighted by atomic mass is 10.2. The third-order valence-electron chi connectivity index (χ3n) is 2.59. The first-order valence-electron chi connectivity index (χ1n) is 5.94. The first kappa shape index (κ1) is 15.1. The largest absolute Gasteiger partial charge is 0.446 e. The Balaban J connectivity index is 2.06. The number of ether oxygens (including phenoxy) is 1. The molecule has 1 aliphatic rings. The molecule has 2 rings (SSSR count). The van der Waals surface area contributed by atoms with E-state index in [1.165, 1.54) is 18.2 Å². The minimum Gasteiger partial charge on any atom is -0.366 e. The maximum atomic E-state index is 12.4. The smallest absolute Gasteiger partial charge is 0.366 e. The molecule has 110 valence electrons. The minimum atomic E-state index is -4.40. The molecule has 1 aromatic carbocycles. The van der Waals surface area contributed by atoms with Gasteiger partial charge in [0.1, 0.15) is 6.10 Å². The number of carbonyl (C=O) groups excluding carboxylic acids is 1. The molecule has 20 heavy (non-hydrogen) atoms. The van der Waals surface area contributed by atoms with Gasteiger partial charge >= 0.3 is 5.51 Å². The summed E-state index contributed by atoms with van der Waals surface area (Å²) in [7, 11) is 0. The maximum absolute atomic E-state index is 12.4. The van der Waals surface area contributed by atoms with Crippen LogP contribution in [0.5, 0.6) is 0 Å². The zero-order chi connectivity index (χ0) is 14.6. The van der Waals surface area contributed by atoms with Crippen LogP contribution >= 0.6 is 11.8 Å². The van der Waals surface area contributed by atoms with Crippen LogP contribution in [0.2, 0.25) is 0 Å². The summed E-state index contributed by atoms with van der Waals surface area (Å²) in [6, 6.07) is 5.80. The highest BCUT2D eigenvalue weighted by molar-refractivity contribution is 8.00. The molecule has 1 amide bonds. The Labute approximate surface area is 118 Å². The zero-order valence-corrected chi connectivity index (χ0v) is 11.2. The molecule has 1 fully saturated rings. The molecule has 1 aliphatic heterocycles. The maximum Gasteiger partial charge on any atom is 0.446 e. The van der Waals surface area contributed by atoms with Crippen molar-refractivity contribution in [3.05, 3.63) is 24.3 Å². The molecule has 0 spiro atoms. The average molecular weight is 306 g/mol. The van der Waals surface area contributed by atoms with E-state index in [2.05, 4.69) is 10.6 Å². The summed E-state index contributed by atoms with van der Waals surface area (Å²) in [6.45, 7) is 1.40. The highest BCUT2D eigenvalue weighted by atomic mass is 32.2. The molecule has 1 atom stereocenters. The van der Waals surface area contributed by atoms with Crippen molar-refractivity contribution < 1.29 is 22.7 Å². The van der Waals surface area contributed by atoms with Gasteiger partial charge in [0, 0.05) is 18.0 Å². The van der Waals surface area contributed by atoms with Crippen LogP contribution in [0.4, 0.5) is 18.9 Å². The van der Waals surface area contributed by atoms with Gasteiger partial charge in [-0.1, -0.05) is 12.1 Å². The number of alkyl halides is 3. The second-order valence-electron chi connectivity index (χ2n) is 4.10. The lowest BCUT2D eigenvalue weighted by Gasteiger charge is -2.23. The van der Waals surface area contributed by atoms with Gasteiger partial charge in [-0.25, -0.2) is 0 Å². The molecule has 0 aliphatic carbocycles. The molecule has 8 heteroatoms. The predicted octanol–water partition coefficient (Wildman–Crippen LogP) is 2.23. The van der Waals surface area contributed by atoms with E-state index >= 15 is 0 Å². The Kier molecular flexibility index (Phi) is 4.90. The lowest BCUT2D eigenvalue weighted by molar-refractivity contribution is -0.128. The second kappa shape index (κ2) is 6.47. The van der Waals surface area contributed by atoms with Crippen LogP contribution in [0.15, 0.2) is 29.2 Å². The fourth-order valence-corrected chi connectivity index (χ4v) is 2.36. The summed E-state index contributed by atoms with van der Waals surface area (Å²) in [5.41, 5.74) is -4.27. The van der Waals surface area contributed by atoms with Crippen molar-refractivity contribution in [2.75, 3.05) is 25.0 Å². The molecule has 2 N–H and O–H groups in total. The van der Waals surface area contributed by atoms with Crippen molar-refractivity contribution in [2.24, 2.45) is 0 Å². The molecule has 1 aromatic rings. The number of anilines is 1. The van der Waals surface area contributed by atoms with Gasteiger partial charge in [-0.15, -0.1) is 0 Å². The van der Waals surface area contributed by atoms with Crippen molar-refractivity contribution in [1.29, 1.82) is 0 Å². The topological polar surface area (TPSA) is 50.4 Å². The van der Waals surface area contributed by atoms with Crippen molar-refractivity contribution in [1.82, 2.24) is 5.32 Å². The Bertz CT molecular complexity index is 476. The number of amides is 1. The van der Waals surface area contributed by atoms with E-state index in [-0.39, 0.29) is 22.3 Å². The molecule has 0 radical (unpaired) electrons. The van der Waals surface area contributed by atoms with E-state index in [1.807, 2.05) is 0 Å². The highest BCUT2D eigenvalue weighted by Crippen LogP contribution is 2.40. The highest BCUT2D eigenvalue weighted by Gasteiger charge is 2.31. The molecule has 1 unspecified atom stereocenters. The van der Waals surface area contributed by atoms with Gasteiger partial charge in [-0.05, 0) is 23.9 Å². The minimum absolute atomic E-state index is 0.0443. The van der Waals surface area contributed by atoms with Gasteiger partial charge in [-0.3, -0.25) is 4.79 Å². The number of halogens is 3. The Morgan fingerprint density at radius 3 is 2.80 bits per heavy atom. The number of thioether (sulfide) groups is 1. The number of para-hydroxylation sites is 1. The van der Waals surface area contributed by atoms with E-state index in [9.17, 15) is 18.0 Å². The van der Waals surface area contributed by atoms with Gasteiger partial charge < -0.3 is 15.4 Å². The fourth-order valence-electron chi connectivity index (χ4n) is 1.73. The van der Waals surface area contributed by atoms with E-state index < -0.39 is 17.5 Å². The third kappa shape index (κ3) is 4.39. The Hall–Kier alpha value is -1.25. The third-order valence-corrected chi connectivity index (χ3v) is 3.40. The van der Waals surface area contributed by atoms with Crippen LogP contribution in [0.1, 0.15) is 0 Å². The molecule has 0 bridgehead atoms. The number of carbonyl (C=O) groups is 1. The monoisotopic (exact) mass is 306 g/mol. The quantitative estimate of drug-likeness (QED) is 0.841. The molecule has 0 saturated carbocycles. The number of hydrogen-bond donors (Lipinski definition) is 2. The van der Waals surface area contributed by atoms with Gasteiger partial charge in [0.25, 0.3) is 5.91 Å². The fraction of sp³-hybridized carbons (Fsp3) is 0.417. The summed E-state index contributed by atoms with van der Waals surface area (Å²) in [5.74, 6) is -0.451. The van der Waals surface area contributed by atoms with Gasteiger partial charge in [-0.2, -0.15) is 13.2 Å². The number of benzene rings is 1. The number of rotatable bonds is 3. The second-order valence-corrected chi connectivity index (χ2v) is 5.20. The van der Waals surface area contributed by atoms with E-state index in [0.29, 0.717) is 19.7 Å². The van der Waals surface area contributed by atoms with Crippen molar-refractivity contribution in [3.63, 3.8) is 0 Å². The summed E-state index contributed by atoms with van der Waals surface area (Å²) < 4.78 is 42.5. The van der Waals surface area contributed by atoms with Crippen LogP contribution in [0, 0.1) is 0 Å². The summed E-state index contributed by atoms with van der Waals surface area (Å²) in [6.07, 6.45) is -0.687. The summed E-state index contributed by atoms with van der Waals surface area (Å²) >= 11 is -0.255. The van der Waals surface area contributed by atoms with Crippen molar-refractivity contribution in [2.45, 2.75) is 16.5 Å². The molecular formula is C12H13F3N2O2S. The van der Waals surface area contributed by atoms with Crippen LogP contribution in [0.3, 0.4) is 0 Å². The van der Waals surface area contributed by atoms with Crippen molar-refractivity contribution in [3.8, 4) is 0 Å². The predicted molar refractivity (Wildman–Crippen MR) is 69.6 cm³/mol. The van der Waals surface area contributed by atoms with Crippen LogP contribution < -0.4 is 10.6 Å². The zero-order valence-electron chi connectivity index (χ0n) is 10.4. The number of nitrogens with one attached hydrogen (secondary N) is 2. The van der Waals surface area contributed by atoms with E-state index in [0.717, 1.165) is 0 Å². The van der Waals surface area contributed by atoms with Crippen LogP contribution in [-0.2, 0) is 9.53 Å². The first-order chi connectivity index (χ1) is 9.46. The molecule has 0 aromatic heterocycles. The summed E-state index contributed by atoms with van der Waals surface area (Å²) in [4.78, 5) is 11.9. The number of hydrogen-bond acceptors (Lipinski definition) is 4. The molecule has 1 saturated heterocycles. The van der Waals surface area contributed by atoms with Gasteiger partial charge in [0.15, 0.2) is 0 Å². The summed E-state index contributed by atoms with van der Waals surface area (Å²) in [5, 5.41) is 5.46. The van der Waals surface area contributed by atoms with Gasteiger partial charge in [0.2, 0.25) is 0 Å². The molecule has 4 nitrogen and oxygen atoms in total. The van der Waals surface area contributed by atoms with E-state index in [1.54, 1.807) is 6.07 Å². The average Bonchev–Trinajstić information content (AvgIpc) is 2.40. The van der Waals surface area contributed by atoms with Crippen molar-refractivity contribution >= 4 is 23.4 Å². The lowest BCUT2D eigenvalue weighted by Crippen LogP contribution is -2.45. The van der Waals surface area contributed by atoms with Crippen LogP contribution in [-0.4, -0.2) is 37.2 Å². The SMILES string of the molecule is O=C(Nc1ccccc1SC(F)(F)F)C1CNCCO1.